The van der Waals surface area contributed by atoms with Crippen LogP contribution in [0.1, 0.15) is 21.5 Å². The van der Waals surface area contributed by atoms with Crippen molar-refractivity contribution in [3.63, 3.8) is 0 Å². The second kappa shape index (κ2) is 7.08. The van der Waals surface area contributed by atoms with Gasteiger partial charge >= 0.3 is 0 Å². The van der Waals surface area contributed by atoms with E-state index in [0.717, 1.165) is 12.0 Å². The van der Waals surface area contributed by atoms with Crippen molar-refractivity contribution in [1.82, 2.24) is 4.90 Å². The molecule has 126 valence electrons. The zero-order chi connectivity index (χ0) is 17.1. The first-order valence-electron chi connectivity index (χ1n) is 8.73. The fraction of sp³-hybridized carbons (Fsp3) is 0.227. The van der Waals surface area contributed by atoms with Crippen LogP contribution in [-0.2, 0) is 11.2 Å². The molecule has 0 N–H and O–H groups in total. The van der Waals surface area contributed by atoms with E-state index in [9.17, 15) is 4.79 Å². The number of benzene rings is 3. The van der Waals surface area contributed by atoms with Crippen molar-refractivity contribution in [2.45, 2.75) is 6.42 Å². The Hall–Kier alpha value is -2.65. The van der Waals surface area contributed by atoms with Crippen molar-refractivity contribution in [3.8, 4) is 0 Å². The van der Waals surface area contributed by atoms with E-state index in [2.05, 4.69) is 54.6 Å². The van der Waals surface area contributed by atoms with Crippen molar-refractivity contribution in [1.29, 1.82) is 0 Å². The number of nitrogens with zero attached hydrogens (tertiary/aromatic N) is 1. The van der Waals surface area contributed by atoms with Gasteiger partial charge in [0.05, 0.1) is 13.2 Å². The van der Waals surface area contributed by atoms with E-state index in [1.165, 1.54) is 21.9 Å². The van der Waals surface area contributed by atoms with Crippen LogP contribution in [0.2, 0.25) is 0 Å². The number of fused-ring (bicyclic) bond motifs is 1. The van der Waals surface area contributed by atoms with Crippen LogP contribution in [0.3, 0.4) is 0 Å². The molecular weight excluding hydrogens is 310 g/mol. The second-order valence-corrected chi connectivity index (χ2v) is 6.46. The molecule has 1 aliphatic heterocycles. The van der Waals surface area contributed by atoms with Gasteiger partial charge in [-0.15, -0.1) is 0 Å². The maximum absolute atomic E-state index is 12.5. The van der Waals surface area contributed by atoms with Crippen LogP contribution in [-0.4, -0.2) is 37.1 Å². The third-order valence-electron chi connectivity index (χ3n) is 4.72. The highest BCUT2D eigenvalue weighted by Crippen LogP contribution is 2.19. The number of carbonyl (C=O) groups is 1. The predicted octanol–water partition coefficient (Wildman–Crippen LogP) is 3.90. The number of hydrogen-bond acceptors (Lipinski definition) is 2. The maximum atomic E-state index is 12.5. The van der Waals surface area contributed by atoms with Gasteiger partial charge in [-0.3, -0.25) is 4.79 Å². The number of hydrogen-bond donors (Lipinski definition) is 0. The van der Waals surface area contributed by atoms with E-state index in [0.29, 0.717) is 26.3 Å². The molecule has 4 rings (SSSR count). The van der Waals surface area contributed by atoms with Crippen LogP contribution in [0, 0.1) is 0 Å². The lowest BCUT2D eigenvalue weighted by Crippen LogP contribution is -2.40. The minimum absolute atomic E-state index is 0.0977. The molecule has 0 saturated carbocycles. The Morgan fingerprint density at radius 1 is 0.840 bits per heavy atom. The zero-order valence-electron chi connectivity index (χ0n) is 14.2. The summed E-state index contributed by atoms with van der Waals surface area (Å²) in [5.41, 5.74) is 3.25. The average Bonchev–Trinajstić information content (AvgIpc) is 2.69. The summed E-state index contributed by atoms with van der Waals surface area (Å²) in [7, 11) is 0. The van der Waals surface area contributed by atoms with Gasteiger partial charge in [0.2, 0.25) is 0 Å². The van der Waals surface area contributed by atoms with E-state index >= 15 is 0 Å². The quantitative estimate of drug-likeness (QED) is 0.728. The smallest absolute Gasteiger partial charge is 0.254 e. The van der Waals surface area contributed by atoms with E-state index in [1.54, 1.807) is 0 Å². The van der Waals surface area contributed by atoms with Gasteiger partial charge in [-0.25, -0.2) is 0 Å². The Labute approximate surface area is 147 Å². The Balaban J connectivity index is 1.48. The summed E-state index contributed by atoms with van der Waals surface area (Å²) >= 11 is 0. The Kier molecular flexibility index (Phi) is 4.49. The van der Waals surface area contributed by atoms with Gasteiger partial charge in [-0.2, -0.15) is 0 Å². The summed E-state index contributed by atoms with van der Waals surface area (Å²) < 4.78 is 5.31. The van der Waals surface area contributed by atoms with Crippen LogP contribution in [0.5, 0.6) is 0 Å². The topological polar surface area (TPSA) is 29.5 Å². The lowest BCUT2D eigenvalue weighted by Gasteiger charge is -2.26. The summed E-state index contributed by atoms with van der Waals surface area (Å²) in [5.74, 6) is 0.0977. The van der Waals surface area contributed by atoms with Crippen molar-refractivity contribution < 1.29 is 9.53 Å². The lowest BCUT2D eigenvalue weighted by atomic mass is 10.0. The summed E-state index contributed by atoms with van der Waals surface area (Å²) in [6, 6.07) is 23.0. The molecule has 3 aromatic rings. The van der Waals surface area contributed by atoms with Gasteiger partial charge < -0.3 is 9.64 Å². The molecule has 0 bridgehead atoms. The van der Waals surface area contributed by atoms with E-state index < -0.39 is 0 Å². The molecule has 0 atom stereocenters. The summed E-state index contributed by atoms with van der Waals surface area (Å²) in [5, 5.41) is 2.52. The van der Waals surface area contributed by atoms with Crippen LogP contribution in [0.15, 0.2) is 66.7 Å². The largest absolute Gasteiger partial charge is 0.378 e. The van der Waals surface area contributed by atoms with Gasteiger partial charge in [0.15, 0.2) is 0 Å². The Bertz CT molecular complexity index is 880. The zero-order valence-corrected chi connectivity index (χ0v) is 14.2. The highest BCUT2D eigenvalue weighted by Gasteiger charge is 2.18. The highest BCUT2D eigenvalue weighted by molar-refractivity contribution is 5.94. The van der Waals surface area contributed by atoms with Gasteiger partial charge in [0.25, 0.3) is 5.91 Å². The monoisotopic (exact) mass is 331 g/mol. The number of amides is 1. The SMILES string of the molecule is O=C(c1ccc(Cc2ccc3ccccc3c2)cc1)N1CCOCC1. The third-order valence-corrected chi connectivity index (χ3v) is 4.72. The Morgan fingerprint density at radius 3 is 2.28 bits per heavy atom. The molecule has 3 aromatic carbocycles. The van der Waals surface area contributed by atoms with Gasteiger partial charge in [0, 0.05) is 18.7 Å². The van der Waals surface area contributed by atoms with Gasteiger partial charge in [-0.05, 0) is 40.5 Å². The number of ether oxygens (including phenoxy) is 1. The normalized spacial score (nSPS) is 14.6. The first-order chi connectivity index (χ1) is 12.3. The summed E-state index contributed by atoms with van der Waals surface area (Å²) in [6.07, 6.45) is 0.872. The number of morpholine rings is 1. The average molecular weight is 331 g/mol. The number of rotatable bonds is 3. The lowest BCUT2D eigenvalue weighted by molar-refractivity contribution is 0.0303. The molecule has 0 radical (unpaired) electrons. The van der Waals surface area contributed by atoms with Crippen LogP contribution in [0.4, 0.5) is 0 Å². The molecule has 1 amide bonds. The molecule has 0 unspecified atom stereocenters. The Morgan fingerprint density at radius 2 is 1.52 bits per heavy atom. The van der Waals surface area contributed by atoms with E-state index in [-0.39, 0.29) is 5.91 Å². The molecule has 25 heavy (non-hydrogen) atoms. The minimum Gasteiger partial charge on any atom is -0.378 e. The molecule has 1 fully saturated rings. The van der Waals surface area contributed by atoms with Gasteiger partial charge in [0.1, 0.15) is 0 Å². The van der Waals surface area contributed by atoms with E-state index in [1.807, 2.05) is 17.0 Å². The second-order valence-electron chi connectivity index (χ2n) is 6.46. The molecule has 0 aliphatic carbocycles. The molecular formula is C22H21NO2. The van der Waals surface area contributed by atoms with Crippen molar-refractivity contribution in [3.05, 3.63) is 83.4 Å². The fourth-order valence-electron chi connectivity index (χ4n) is 3.30. The molecule has 1 saturated heterocycles. The van der Waals surface area contributed by atoms with Crippen LogP contribution >= 0.6 is 0 Å². The van der Waals surface area contributed by atoms with Crippen LogP contribution in [0.25, 0.3) is 10.8 Å². The van der Waals surface area contributed by atoms with Gasteiger partial charge in [-0.1, -0.05) is 54.6 Å². The molecule has 3 nitrogen and oxygen atoms in total. The van der Waals surface area contributed by atoms with Crippen LogP contribution < -0.4 is 0 Å². The van der Waals surface area contributed by atoms with Crippen molar-refractivity contribution in [2.24, 2.45) is 0 Å². The predicted molar refractivity (Wildman–Crippen MR) is 99.9 cm³/mol. The molecule has 3 heteroatoms. The van der Waals surface area contributed by atoms with E-state index in [4.69, 9.17) is 4.74 Å². The minimum atomic E-state index is 0.0977. The first-order valence-corrected chi connectivity index (χ1v) is 8.73. The maximum Gasteiger partial charge on any atom is 0.254 e. The number of carbonyl (C=O) groups excluding carboxylic acids is 1. The molecule has 1 aliphatic rings. The molecule has 0 aromatic heterocycles. The first kappa shape index (κ1) is 15.9. The third kappa shape index (κ3) is 3.57. The highest BCUT2D eigenvalue weighted by atomic mass is 16.5. The molecule has 1 heterocycles. The van der Waals surface area contributed by atoms with Crippen molar-refractivity contribution >= 4 is 16.7 Å². The summed E-state index contributed by atoms with van der Waals surface area (Å²) in [4.78, 5) is 14.3. The standard InChI is InChI=1S/C22H21NO2/c24-22(23-11-13-25-14-12-23)20-9-5-17(6-10-20)15-18-7-8-19-3-1-2-4-21(19)16-18/h1-10,16H,11-15H2. The fourth-order valence-corrected chi connectivity index (χ4v) is 3.30. The molecule has 0 spiro atoms. The summed E-state index contributed by atoms with van der Waals surface area (Å²) in [6.45, 7) is 2.62. The van der Waals surface area contributed by atoms with Crippen molar-refractivity contribution in [2.75, 3.05) is 26.3 Å².